The molecule has 0 radical (unpaired) electrons. The molecule has 11 rings (SSSR count). The Morgan fingerprint density at radius 1 is 0.388 bits per heavy atom. The second-order valence-electron chi connectivity index (χ2n) is 13.5. The summed E-state index contributed by atoms with van der Waals surface area (Å²) in [6, 6.07) is 54.5. The van der Waals surface area contributed by atoms with E-state index in [1.54, 1.807) is 0 Å². The molecule has 1 aromatic heterocycles. The molecular formula is C48H30S. The second kappa shape index (κ2) is 10.4. The van der Waals surface area contributed by atoms with Crippen molar-refractivity contribution in [3.05, 3.63) is 163 Å². The SMILES string of the molecule is C1=Cc2c(c3ccccc3c3cc(-c4ccc(-c5cccc6c5sc5c6ccc6c7ccccc7c7ccccc7c65)cc4)ccc23)CC1. The molecule has 0 amide bonds. The van der Waals surface area contributed by atoms with E-state index in [4.69, 9.17) is 0 Å². The third-order valence-corrected chi connectivity index (χ3v) is 12.2. The van der Waals surface area contributed by atoms with E-state index >= 15 is 0 Å². The number of aryl methyl sites for hydroxylation is 1. The summed E-state index contributed by atoms with van der Waals surface area (Å²) in [4.78, 5) is 0. The standard InChI is InChI=1S/C48H30S/c1-2-12-35-33(10-1)34-11-4-6-16-39(34)45-28-31(24-25-40(35)45)29-20-22-30(23-21-29)32-18-9-19-43-44-27-26-42-38-15-5-3-13-36(38)37-14-7-8-17-41(37)46(42)48(44)49-47(32)43/h2-9,11-28H,1,10H2. The van der Waals surface area contributed by atoms with Crippen molar-refractivity contribution in [2.75, 3.05) is 0 Å². The molecule has 0 aliphatic heterocycles. The minimum Gasteiger partial charge on any atom is -0.134 e. The maximum atomic E-state index is 2.40. The Balaban J connectivity index is 1.07. The van der Waals surface area contributed by atoms with Crippen molar-refractivity contribution in [1.82, 2.24) is 0 Å². The first kappa shape index (κ1) is 27.2. The Labute approximate surface area is 288 Å². The van der Waals surface area contributed by atoms with Crippen LogP contribution in [0.15, 0.2) is 152 Å². The van der Waals surface area contributed by atoms with Crippen molar-refractivity contribution in [3.63, 3.8) is 0 Å². The third-order valence-electron chi connectivity index (χ3n) is 10.9. The fourth-order valence-electron chi connectivity index (χ4n) is 8.67. The van der Waals surface area contributed by atoms with Gasteiger partial charge in [0.15, 0.2) is 0 Å². The molecule has 1 heteroatoms. The smallest absolute Gasteiger partial charge is 0.0440 e. The number of rotatable bonds is 2. The van der Waals surface area contributed by atoms with Gasteiger partial charge in [-0.1, -0.05) is 152 Å². The molecule has 0 atom stereocenters. The highest BCUT2D eigenvalue weighted by atomic mass is 32.1. The first-order valence-corrected chi connectivity index (χ1v) is 18.1. The summed E-state index contributed by atoms with van der Waals surface area (Å²) in [5.41, 5.74) is 7.95. The van der Waals surface area contributed by atoms with Crippen LogP contribution < -0.4 is 0 Å². The van der Waals surface area contributed by atoms with Gasteiger partial charge in [-0.3, -0.25) is 0 Å². The highest BCUT2D eigenvalue weighted by Crippen LogP contribution is 2.47. The van der Waals surface area contributed by atoms with Crippen LogP contribution in [0.2, 0.25) is 0 Å². The number of thiophene rings is 1. The Morgan fingerprint density at radius 3 is 1.71 bits per heavy atom. The minimum absolute atomic E-state index is 1.11. The molecule has 228 valence electrons. The van der Waals surface area contributed by atoms with Gasteiger partial charge in [-0.05, 0) is 101 Å². The Hall–Kier alpha value is -5.76. The monoisotopic (exact) mass is 638 g/mol. The molecule has 10 aromatic rings. The van der Waals surface area contributed by atoms with E-state index in [2.05, 4.69) is 158 Å². The molecular weight excluding hydrogens is 609 g/mol. The molecule has 0 fully saturated rings. The minimum atomic E-state index is 1.11. The summed E-state index contributed by atoms with van der Waals surface area (Å²) < 4.78 is 2.73. The van der Waals surface area contributed by atoms with Crippen LogP contribution in [0.3, 0.4) is 0 Å². The van der Waals surface area contributed by atoms with Crippen LogP contribution in [0.4, 0.5) is 0 Å². The molecule has 9 aromatic carbocycles. The van der Waals surface area contributed by atoms with Gasteiger partial charge in [0.25, 0.3) is 0 Å². The zero-order valence-corrected chi connectivity index (χ0v) is 27.7. The van der Waals surface area contributed by atoms with Crippen LogP contribution in [0.25, 0.3) is 102 Å². The van der Waals surface area contributed by atoms with Crippen molar-refractivity contribution < 1.29 is 0 Å². The summed E-state index contributed by atoms with van der Waals surface area (Å²) in [5, 5.41) is 16.1. The summed E-state index contributed by atoms with van der Waals surface area (Å²) in [7, 11) is 0. The Bertz CT molecular complexity index is 2990. The average Bonchev–Trinajstić information content (AvgIpc) is 3.57. The van der Waals surface area contributed by atoms with Crippen LogP contribution in [-0.4, -0.2) is 0 Å². The number of benzene rings is 9. The fraction of sp³-hybridized carbons (Fsp3) is 0.0417. The molecule has 0 unspecified atom stereocenters. The van der Waals surface area contributed by atoms with Gasteiger partial charge < -0.3 is 0 Å². The number of allylic oxidation sites excluding steroid dienone is 1. The van der Waals surface area contributed by atoms with Crippen LogP contribution in [0, 0.1) is 0 Å². The Kier molecular flexibility index (Phi) is 5.76. The fourth-order valence-corrected chi connectivity index (χ4v) is 10.1. The van der Waals surface area contributed by atoms with Crippen LogP contribution in [0.5, 0.6) is 0 Å². The lowest BCUT2D eigenvalue weighted by atomic mass is 9.86. The van der Waals surface area contributed by atoms with Crippen molar-refractivity contribution in [3.8, 4) is 22.3 Å². The molecule has 0 spiro atoms. The maximum Gasteiger partial charge on any atom is 0.0440 e. The van der Waals surface area contributed by atoms with Crippen LogP contribution in [0.1, 0.15) is 17.5 Å². The molecule has 0 N–H and O–H groups in total. The van der Waals surface area contributed by atoms with E-state index in [1.807, 2.05) is 11.3 Å². The molecule has 1 heterocycles. The normalized spacial score (nSPS) is 13.1. The lowest BCUT2D eigenvalue weighted by Crippen LogP contribution is -1.97. The highest BCUT2D eigenvalue weighted by Gasteiger charge is 2.18. The molecule has 0 saturated heterocycles. The van der Waals surface area contributed by atoms with Crippen molar-refractivity contribution >= 4 is 91.4 Å². The van der Waals surface area contributed by atoms with Crippen LogP contribution in [-0.2, 0) is 6.42 Å². The average molecular weight is 639 g/mol. The first-order chi connectivity index (χ1) is 24.3. The molecule has 1 aliphatic rings. The number of hydrogen-bond acceptors (Lipinski definition) is 1. The van der Waals surface area contributed by atoms with E-state index in [9.17, 15) is 0 Å². The Morgan fingerprint density at radius 2 is 0.939 bits per heavy atom. The maximum absolute atomic E-state index is 2.40. The second-order valence-corrected chi connectivity index (χ2v) is 14.5. The number of hydrogen-bond donors (Lipinski definition) is 0. The highest BCUT2D eigenvalue weighted by molar-refractivity contribution is 7.27. The topological polar surface area (TPSA) is 0 Å². The molecule has 1 aliphatic carbocycles. The summed E-state index contributed by atoms with van der Waals surface area (Å²) in [6.07, 6.45) is 6.89. The van der Waals surface area contributed by atoms with E-state index in [0.717, 1.165) is 12.8 Å². The first-order valence-electron chi connectivity index (χ1n) is 17.2. The van der Waals surface area contributed by atoms with E-state index in [0.29, 0.717) is 0 Å². The van der Waals surface area contributed by atoms with Gasteiger partial charge in [-0.2, -0.15) is 0 Å². The molecule has 0 nitrogen and oxygen atoms in total. The number of fused-ring (bicyclic) bond motifs is 16. The predicted octanol–water partition coefficient (Wildman–Crippen LogP) is 14.1. The summed E-state index contributed by atoms with van der Waals surface area (Å²) >= 11 is 1.94. The lowest BCUT2D eigenvalue weighted by Gasteiger charge is -2.18. The van der Waals surface area contributed by atoms with Gasteiger partial charge in [0.05, 0.1) is 0 Å². The third kappa shape index (κ3) is 3.91. The van der Waals surface area contributed by atoms with Crippen molar-refractivity contribution in [2.45, 2.75) is 12.8 Å². The largest absolute Gasteiger partial charge is 0.134 e. The van der Waals surface area contributed by atoms with Gasteiger partial charge in [-0.15, -0.1) is 11.3 Å². The van der Waals surface area contributed by atoms with Gasteiger partial charge in [0.1, 0.15) is 0 Å². The molecule has 0 saturated carbocycles. The molecule has 49 heavy (non-hydrogen) atoms. The van der Waals surface area contributed by atoms with Crippen molar-refractivity contribution in [1.29, 1.82) is 0 Å². The van der Waals surface area contributed by atoms with E-state index in [1.165, 1.54) is 107 Å². The van der Waals surface area contributed by atoms with Crippen LogP contribution >= 0.6 is 11.3 Å². The van der Waals surface area contributed by atoms with E-state index < -0.39 is 0 Å². The zero-order valence-electron chi connectivity index (χ0n) is 26.8. The van der Waals surface area contributed by atoms with Gasteiger partial charge >= 0.3 is 0 Å². The predicted molar refractivity (Wildman–Crippen MR) is 215 cm³/mol. The lowest BCUT2D eigenvalue weighted by molar-refractivity contribution is 1.00. The van der Waals surface area contributed by atoms with Gasteiger partial charge in [0.2, 0.25) is 0 Å². The van der Waals surface area contributed by atoms with E-state index in [-0.39, 0.29) is 0 Å². The van der Waals surface area contributed by atoms with Gasteiger partial charge in [0, 0.05) is 25.6 Å². The summed E-state index contributed by atoms with van der Waals surface area (Å²) in [6.45, 7) is 0. The molecule has 0 bridgehead atoms. The van der Waals surface area contributed by atoms with Crippen molar-refractivity contribution in [2.24, 2.45) is 0 Å². The quantitative estimate of drug-likeness (QED) is 0.165. The summed E-state index contributed by atoms with van der Waals surface area (Å²) in [5.74, 6) is 0. The van der Waals surface area contributed by atoms with Gasteiger partial charge in [-0.25, -0.2) is 0 Å². The zero-order chi connectivity index (χ0) is 32.1.